The first-order valence-electron chi connectivity index (χ1n) is 4.48. The fourth-order valence-corrected chi connectivity index (χ4v) is 0.910. The quantitative estimate of drug-likeness (QED) is 0.591. The van der Waals surface area contributed by atoms with Crippen molar-refractivity contribution in [1.29, 1.82) is 0 Å². The molecule has 0 saturated carbocycles. The van der Waals surface area contributed by atoms with Crippen LogP contribution in [0.15, 0.2) is 0 Å². The minimum absolute atomic E-state index is 0.148. The summed E-state index contributed by atoms with van der Waals surface area (Å²) in [6.07, 6.45) is 1.78. The monoisotopic (exact) mass is 175 g/mol. The van der Waals surface area contributed by atoms with E-state index in [4.69, 9.17) is 15.2 Å². The molecule has 0 radical (unpaired) electrons. The molecule has 0 aromatic carbocycles. The molecular formula is C9H21NO2. The van der Waals surface area contributed by atoms with Crippen LogP contribution < -0.4 is 5.73 Å². The van der Waals surface area contributed by atoms with Gasteiger partial charge in [0.2, 0.25) is 0 Å². The SMILES string of the molecule is CCOCCC(C)(N)CCOC. The van der Waals surface area contributed by atoms with E-state index in [0.29, 0.717) is 0 Å². The molecule has 1 unspecified atom stereocenters. The molecule has 0 fully saturated rings. The third-order valence-electron chi connectivity index (χ3n) is 1.90. The van der Waals surface area contributed by atoms with Crippen LogP contribution >= 0.6 is 0 Å². The second kappa shape index (κ2) is 6.40. The zero-order valence-corrected chi connectivity index (χ0v) is 8.43. The minimum atomic E-state index is -0.148. The molecule has 0 aliphatic rings. The first-order valence-corrected chi connectivity index (χ1v) is 4.48. The van der Waals surface area contributed by atoms with Crippen molar-refractivity contribution in [2.75, 3.05) is 26.9 Å². The summed E-state index contributed by atoms with van der Waals surface area (Å²) in [6.45, 7) is 6.25. The van der Waals surface area contributed by atoms with Gasteiger partial charge in [0.25, 0.3) is 0 Å². The number of hydrogen-bond donors (Lipinski definition) is 1. The fourth-order valence-electron chi connectivity index (χ4n) is 0.910. The summed E-state index contributed by atoms with van der Waals surface area (Å²) in [7, 11) is 1.69. The van der Waals surface area contributed by atoms with Gasteiger partial charge in [-0.1, -0.05) is 0 Å². The van der Waals surface area contributed by atoms with Crippen molar-refractivity contribution >= 4 is 0 Å². The third-order valence-corrected chi connectivity index (χ3v) is 1.90. The van der Waals surface area contributed by atoms with Crippen molar-refractivity contribution in [3.63, 3.8) is 0 Å². The maximum Gasteiger partial charge on any atom is 0.0483 e. The van der Waals surface area contributed by atoms with E-state index >= 15 is 0 Å². The lowest BCUT2D eigenvalue weighted by molar-refractivity contribution is 0.114. The van der Waals surface area contributed by atoms with Gasteiger partial charge in [0.05, 0.1) is 0 Å². The van der Waals surface area contributed by atoms with E-state index in [-0.39, 0.29) is 5.54 Å². The van der Waals surface area contributed by atoms with Crippen molar-refractivity contribution in [2.45, 2.75) is 32.2 Å². The molecule has 0 aromatic heterocycles. The van der Waals surface area contributed by atoms with Crippen LogP contribution in [0.5, 0.6) is 0 Å². The van der Waals surface area contributed by atoms with Gasteiger partial charge in [0, 0.05) is 32.5 Å². The Morgan fingerprint density at radius 1 is 1.25 bits per heavy atom. The van der Waals surface area contributed by atoms with Crippen molar-refractivity contribution in [3.05, 3.63) is 0 Å². The Balaban J connectivity index is 3.42. The van der Waals surface area contributed by atoms with Gasteiger partial charge in [0.15, 0.2) is 0 Å². The molecule has 74 valence electrons. The highest BCUT2D eigenvalue weighted by molar-refractivity contribution is 4.77. The summed E-state index contributed by atoms with van der Waals surface area (Å²) in [5, 5.41) is 0. The van der Waals surface area contributed by atoms with Crippen LogP contribution in [0.2, 0.25) is 0 Å². The van der Waals surface area contributed by atoms with E-state index in [1.807, 2.05) is 13.8 Å². The van der Waals surface area contributed by atoms with Crippen LogP contribution in [0.1, 0.15) is 26.7 Å². The molecule has 0 heterocycles. The molecule has 0 aromatic rings. The van der Waals surface area contributed by atoms with Crippen molar-refractivity contribution in [3.8, 4) is 0 Å². The van der Waals surface area contributed by atoms with Crippen LogP contribution in [-0.4, -0.2) is 32.5 Å². The standard InChI is InChI=1S/C9H21NO2/c1-4-12-8-6-9(2,10)5-7-11-3/h4-8,10H2,1-3H3. The lowest BCUT2D eigenvalue weighted by Gasteiger charge is -2.23. The van der Waals surface area contributed by atoms with Crippen molar-refractivity contribution in [2.24, 2.45) is 5.73 Å². The van der Waals surface area contributed by atoms with Crippen LogP contribution in [0, 0.1) is 0 Å². The molecule has 0 rings (SSSR count). The summed E-state index contributed by atoms with van der Waals surface area (Å²) in [5.74, 6) is 0. The number of hydrogen-bond acceptors (Lipinski definition) is 3. The highest BCUT2D eigenvalue weighted by Crippen LogP contribution is 2.10. The normalized spacial score (nSPS) is 16.0. The second-order valence-electron chi connectivity index (χ2n) is 3.34. The van der Waals surface area contributed by atoms with E-state index in [9.17, 15) is 0 Å². The number of ether oxygens (including phenoxy) is 2. The second-order valence-corrected chi connectivity index (χ2v) is 3.34. The maximum atomic E-state index is 5.98. The zero-order chi connectivity index (χ0) is 9.45. The molecule has 1 atom stereocenters. The molecule has 0 aliphatic carbocycles. The van der Waals surface area contributed by atoms with Crippen molar-refractivity contribution in [1.82, 2.24) is 0 Å². The molecule has 12 heavy (non-hydrogen) atoms. The highest BCUT2D eigenvalue weighted by atomic mass is 16.5. The zero-order valence-electron chi connectivity index (χ0n) is 8.43. The molecule has 0 amide bonds. The van der Waals surface area contributed by atoms with Gasteiger partial charge in [0.1, 0.15) is 0 Å². The summed E-state index contributed by atoms with van der Waals surface area (Å²) >= 11 is 0. The molecule has 0 saturated heterocycles. The molecule has 2 N–H and O–H groups in total. The van der Waals surface area contributed by atoms with Crippen LogP contribution in [-0.2, 0) is 9.47 Å². The summed E-state index contributed by atoms with van der Waals surface area (Å²) in [4.78, 5) is 0. The highest BCUT2D eigenvalue weighted by Gasteiger charge is 2.17. The Labute approximate surface area is 75.2 Å². The Kier molecular flexibility index (Phi) is 6.34. The van der Waals surface area contributed by atoms with Gasteiger partial charge in [-0.15, -0.1) is 0 Å². The van der Waals surface area contributed by atoms with Gasteiger partial charge in [-0.3, -0.25) is 0 Å². The van der Waals surface area contributed by atoms with E-state index in [2.05, 4.69) is 0 Å². The maximum absolute atomic E-state index is 5.98. The summed E-state index contributed by atoms with van der Waals surface area (Å²) < 4.78 is 10.2. The molecule has 3 nitrogen and oxygen atoms in total. The van der Waals surface area contributed by atoms with Gasteiger partial charge in [-0.05, 0) is 26.7 Å². The van der Waals surface area contributed by atoms with Gasteiger partial charge in [-0.25, -0.2) is 0 Å². The summed E-state index contributed by atoms with van der Waals surface area (Å²) in [6, 6.07) is 0. The lowest BCUT2D eigenvalue weighted by atomic mass is 9.96. The number of rotatable bonds is 7. The Hall–Kier alpha value is -0.120. The molecular weight excluding hydrogens is 154 g/mol. The van der Waals surface area contributed by atoms with Gasteiger partial charge < -0.3 is 15.2 Å². The van der Waals surface area contributed by atoms with Gasteiger partial charge in [-0.2, -0.15) is 0 Å². The molecule has 3 heteroatoms. The predicted molar refractivity (Wildman–Crippen MR) is 50.2 cm³/mol. The minimum Gasteiger partial charge on any atom is -0.385 e. The fraction of sp³-hybridized carbons (Fsp3) is 1.00. The largest absolute Gasteiger partial charge is 0.385 e. The van der Waals surface area contributed by atoms with E-state index in [1.54, 1.807) is 7.11 Å². The van der Waals surface area contributed by atoms with Crippen LogP contribution in [0.4, 0.5) is 0 Å². The number of methoxy groups -OCH3 is 1. The first-order chi connectivity index (χ1) is 5.62. The lowest BCUT2D eigenvalue weighted by Crippen LogP contribution is -2.38. The summed E-state index contributed by atoms with van der Waals surface area (Å²) in [5.41, 5.74) is 5.84. The first kappa shape index (κ1) is 11.9. The molecule has 0 bridgehead atoms. The van der Waals surface area contributed by atoms with Crippen molar-refractivity contribution < 1.29 is 9.47 Å². The van der Waals surface area contributed by atoms with E-state index in [0.717, 1.165) is 32.7 Å². The number of nitrogens with two attached hydrogens (primary N) is 1. The van der Waals surface area contributed by atoms with Crippen LogP contribution in [0.25, 0.3) is 0 Å². The molecule has 0 spiro atoms. The Bertz CT molecular complexity index is 105. The topological polar surface area (TPSA) is 44.5 Å². The van der Waals surface area contributed by atoms with Gasteiger partial charge >= 0.3 is 0 Å². The smallest absolute Gasteiger partial charge is 0.0483 e. The average molecular weight is 175 g/mol. The average Bonchev–Trinajstić information content (AvgIpc) is 2.01. The van der Waals surface area contributed by atoms with E-state index < -0.39 is 0 Å². The Morgan fingerprint density at radius 3 is 2.33 bits per heavy atom. The van der Waals surface area contributed by atoms with E-state index in [1.165, 1.54) is 0 Å². The van der Waals surface area contributed by atoms with Crippen LogP contribution in [0.3, 0.4) is 0 Å². The Morgan fingerprint density at radius 2 is 1.83 bits per heavy atom. The molecule has 0 aliphatic heterocycles. The predicted octanol–water partition coefficient (Wildman–Crippen LogP) is 1.17. The third kappa shape index (κ3) is 6.58.